The van der Waals surface area contributed by atoms with Gasteiger partial charge in [-0.05, 0) is 12.1 Å². The lowest BCUT2D eigenvalue weighted by Gasteiger charge is -2.06. The highest BCUT2D eigenvalue weighted by molar-refractivity contribution is 7.19. The van der Waals surface area contributed by atoms with E-state index in [4.69, 9.17) is 11.6 Å². The van der Waals surface area contributed by atoms with Crippen LogP contribution >= 0.6 is 22.9 Å². The molecule has 0 saturated heterocycles. The van der Waals surface area contributed by atoms with Crippen LogP contribution in [0.2, 0.25) is 5.02 Å². The molecule has 2 aromatic carbocycles. The first-order chi connectivity index (χ1) is 13.1. The molecule has 27 heavy (non-hydrogen) atoms. The van der Waals surface area contributed by atoms with Gasteiger partial charge in [0.05, 0.1) is 22.8 Å². The molecule has 0 spiro atoms. The molecule has 1 N–H and O–H groups in total. The highest BCUT2D eigenvalue weighted by Gasteiger charge is 2.13. The molecule has 0 atom stereocenters. The Morgan fingerprint density at radius 1 is 1.11 bits per heavy atom. The van der Waals surface area contributed by atoms with E-state index in [1.54, 1.807) is 24.3 Å². The van der Waals surface area contributed by atoms with Crippen molar-refractivity contribution in [2.24, 2.45) is 0 Å². The van der Waals surface area contributed by atoms with Crippen molar-refractivity contribution >= 4 is 33.8 Å². The molecule has 0 radical (unpaired) electrons. The van der Waals surface area contributed by atoms with Gasteiger partial charge < -0.3 is 5.32 Å². The number of carbonyl (C=O) groups is 1. The average molecular weight is 397 g/mol. The lowest BCUT2D eigenvalue weighted by atomic mass is 10.2. The van der Waals surface area contributed by atoms with Crippen molar-refractivity contribution in [3.05, 3.63) is 87.3 Å². The van der Waals surface area contributed by atoms with E-state index in [0.717, 1.165) is 5.56 Å². The summed E-state index contributed by atoms with van der Waals surface area (Å²) in [7, 11) is 0. The summed E-state index contributed by atoms with van der Waals surface area (Å²) in [5, 5.41) is 8.14. The van der Waals surface area contributed by atoms with Crippen LogP contribution in [-0.2, 0) is 6.54 Å². The number of rotatable bonds is 4. The Bertz CT molecular complexity index is 1190. The van der Waals surface area contributed by atoms with Crippen LogP contribution in [0.25, 0.3) is 15.5 Å². The molecule has 1 amide bonds. The van der Waals surface area contributed by atoms with Gasteiger partial charge in [-0.2, -0.15) is 9.61 Å². The minimum Gasteiger partial charge on any atom is -0.346 e. The van der Waals surface area contributed by atoms with E-state index in [2.05, 4.69) is 15.4 Å². The molecule has 0 saturated carbocycles. The summed E-state index contributed by atoms with van der Waals surface area (Å²) < 4.78 is 1.27. The molecule has 0 fully saturated rings. The fourth-order valence-electron chi connectivity index (χ4n) is 2.56. The first-order valence-corrected chi connectivity index (χ1v) is 9.29. The lowest BCUT2D eigenvalue weighted by molar-refractivity contribution is 0.0950. The van der Waals surface area contributed by atoms with Crippen LogP contribution in [0.5, 0.6) is 0 Å². The minimum atomic E-state index is -0.322. The summed E-state index contributed by atoms with van der Waals surface area (Å²) in [5.41, 5.74) is 1.46. The normalized spacial score (nSPS) is 10.9. The Morgan fingerprint density at radius 3 is 2.63 bits per heavy atom. The predicted octanol–water partition coefficient (Wildman–Crippen LogP) is 3.40. The summed E-state index contributed by atoms with van der Waals surface area (Å²) in [5.74, 6) is -0.322. The van der Waals surface area contributed by atoms with Crippen molar-refractivity contribution in [3.8, 4) is 10.6 Å². The molecular formula is C19H13ClN4O2S. The second-order valence-corrected chi connectivity index (χ2v) is 7.08. The maximum atomic E-state index is 12.3. The Labute approximate surface area is 163 Å². The van der Waals surface area contributed by atoms with Crippen molar-refractivity contribution in [3.63, 3.8) is 0 Å². The Balaban J connectivity index is 1.59. The molecule has 0 aliphatic heterocycles. The molecule has 0 unspecified atom stereocenters. The van der Waals surface area contributed by atoms with E-state index in [-0.39, 0.29) is 18.0 Å². The summed E-state index contributed by atoms with van der Waals surface area (Å²) >= 11 is 7.35. The maximum Gasteiger partial charge on any atom is 0.275 e. The molecule has 0 aliphatic rings. The van der Waals surface area contributed by atoms with Crippen molar-refractivity contribution in [1.82, 2.24) is 19.9 Å². The third kappa shape index (κ3) is 3.60. The molecule has 8 heteroatoms. The predicted molar refractivity (Wildman–Crippen MR) is 105 cm³/mol. The van der Waals surface area contributed by atoms with Gasteiger partial charge in [0.15, 0.2) is 0 Å². The zero-order valence-corrected chi connectivity index (χ0v) is 15.5. The number of fused-ring (bicyclic) bond motifs is 1. The maximum absolute atomic E-state index is 12.3. The van der Waals surface area contributed by atoms with Gasteiger partial charge in [0.25, 0.3) is 11.5 Å². The fraction of sp³-hybridized carbons (Fsp3) is 0.0526. The van der Waals surface area contributed by atoms with Gasteiger partial charge in [-0.3, -0.25) is 9.59 Å². The van der Waals surface area contributed by atoms with Crippen molar-refractivity contribution in [2.75, 3.05) is 0 Å². The lowest BCUT2D eigenvalue weighted by Crippen LogP contribution is -2.25. The summed E-state index contributed by atoms with van der Waals surface area (Å²) in [6.45, 7) is 0.119. The third-order valence-corrected chi connectivity index (χ3v) is 5.15. The van der Waals surface area contributed by atoms with Crippen LogP contribution in [-0.4, -0.2) is 20.5 Å². The number of halogens is 1. The first kappa shape index (κ1) is 17.4. The average Bonchev–Trinajstić information content (AvgIpc) is 3.12. The van der Waals surface area contributed by atoms with E-state index in [1.165, 1.54) is 21.9 Å². The highest BCUT2D eigenvalue weighted by Crippen LogP contribution is 2.23. The summed E-state index contributed by atoms with van der Waals surface area (Å²) in [6, 6.07) is 17.7. The summed E-state index contributed by atoms with van der Waals surface area (Å²) in [6.07, 6.45) is 0. The smallest absolute Gasteiger partial charge is 0.275 e. The van der Waals surface area contributed by atoms with E-state index in [1.807, 2.05) is 30.3 Å². The molecule has 6 nitrogen and oxygen atoms in total. The molecular weight excluding hydrogens is 384 g/mol. The Kier molecular flexibility index (Phi) is 4.70. The zero-order valence-electron chi connectivity index (χ0n) is 13.9. The monoisotopic (exact) mass is 396 g/mol. The van der Waals surface area contributed by atoms with Crippen molar-refractivity contribution in [1.29, 1.82) is 0 Å². The molecule has 0 bridgehead atoms. The fourth-order valence-corrected chi connectivity index (χ4v) is 3.71. The van der Waals surface area contributed by atoms with Gasteiger partial charge >= 0.3 is 0 Å². The van der Waals surface area contributed by atoms with Crippen LogP contribution < -0.4 is 10.9 Å². The van der Waals surface area contributed by atoms with Gasteiger partial charge in [-0.1, -0.05) is 65.4 Å². The number of amides is 1. The van der Waals surface area contributed by atoms with Crippen LogP contribution in [0.1, 0.15) is 16.1 Å². The number of hydrogen-bond donors (Lipinski definition) is 1. The van der Waals surface area contributed by atoms with Crippen LogP contribution in [0.4, 0.5) is 0 Å². The van der Waals surface area contributed by atoms with Crippen LogP contribution in [0.15, 0.2) is 65.5 Å². The van der Waals surface area contributed by atoms with Gasteiger partial charge in [0.1, 0.15) is 5.01 Å². The van der Waals surface area contributed by atoms with E-state index < -0.39 is 0 Å². The van der Waals surface area contributed by atoms with Gasteiger partial charge in [0.2, 0.25) is 4.96 Å². The minimum absolute atomic E-state index is 0.119. The summed E-state index contributed by atoms with van der Waals surface area (Å²) in [4.78, 5) is 29.5. The van der Waals surface area contributed by atoms with Gasteiger partial charge in [-0.15, -0.1) is 0 Å². The quantitative estimate of drug-likeness (QED) is 0.573. The van der Waals surface area contributed by atoms with Gasteiger partial charge in [-0.25, -0.2) is 4.98 Å². The van der Waals surface area contributed by atoms with E-state index in [9.17, 15) is 9.59 Å². The van der Waals surface area contributed by atoms with Gasteiger partial charge in [0, 0.05) is 11.6 Å². The molecule has 2 aromatic heterocycles. The van der Waals surface area contributed by atoms with Crippen molar-refractivity contribution in [2.45, 2.75) is 6.54 Å². The number of nitrogens with one attached hydrogen (secondary N) is 1. The topological polar surface area (TPSA) is 76.4 Å². The zero-order chi connectivity index (χ0) is 18.8. The number of hydrogen-bond acceptors (Lipinski definition) is 5. The Morgan fingerprint density at radius 2 is 1.85 bits per heavy atom. The van der Waals surface area contributed by atoms with E-state index in [0.29, 0.717) is 26.2 Å². The first-order valence-electron chi connectivity index (χ1n) is 8.10. The largest absolute Gasteiger partial charge is 0.346 e. The second kappa shape index (κ2) is 7.30. The Hall–Kier alpha value is -3.03. The molecule has 4 aromatic rings. The number of nitrogens with zero attached hydrogens (tertiary/aromatic N) is 3. The second-order valence-electron chi connectivity index (χ2n) is 5.72. The molecule has 2 heterocycles. The highest BCUT2D eigenvalue weighted by atomic mass is 35.5. The van der Waals surface area contributed by atoms with Crippen LogP contribution in [0, 0.1) is 0 Å². The van der Waals surface area contributed by atoms with Crippen molar-refractivity contribution < 1.29 is 4.79 Å². The SMILES string of the molecule is O=C(NCc1cc(=O)n2nc(-c3ccccc3)sc2n1)c1ccccc1Cl. The number of benzene rings is 2. The standard InChI is InChI=1S/C19H13ClN4O2S/c20-15-9-5-4-8-14(15)17(26)21-11-13-10-16(25)24-19(22-13)27-18(23-24)12-6-2-1-3-7-12/h1-10H,11H2,(H,21,26). The molecule has 134 valence electrons. The number of carbonyl (C=O) groups excluding carboxylic acids is 1. The molecule has 4 rings (SSSR count). The van der Waals surface area contributed by atoms with Crippen LogP contribution in [0.3, 0.4) is 0 Å². The third-order valence-electron chi connectivity index (χ3n) is 3.87. The van der Waals surface area contributed by atoms with E-state index >= 15 is 0 Å². The number of aromatic nitrogens is 3. The molecule has 0 aliphatic carbocycles.